The highest BCUT2D eigenvalue weighted by Crippen LogP contribution is 2.27. The van der Waals surface area contributed by atoms with Gasteiger partial charge < -0.3 is 15.2 Å². The molecular formula is C12H15FN2O5. The molecule has 0 saturated heterocycles. The van der Waals surface area contributed by atoms with Gasteiger partial charge in [0, 0.05) is 6.42 Å². The Labute approximate surface area is 114 Å². The molecule has 0 aliphatic carbocycles. The molecule has 7 nitrogen and oxygen atoms in total. The first-order valence-corrected chi connectivity index (χ1v) is 5.72. The van der Waals surface area contributed by atoms with Gasteiger partial charge in [-0.25, -0.2) is 4.39 Å². The van der Waals surface area contributed by atoms with E-state index in [2.05, 4.69) is 4.74 Å². The van der Waals surface area contributed by atoms with Crippen LogP contribution in [0.1, 0.15) is 13.3 Å². The second-order valence-electron chi connectivity index (χ2n) is 4.38. The summed E-state index contributed by atoms with van der Waals surface area (Å²) in [5.41, 5.74) is 3.96. The summed E-state index contributed by atoms with van der Waals surface area (Å²) in [4.78, 5) is 21.3. The molecule has 0 fully saturated rings. The maximum absolute atomic E-state index is 12.9. The van der Waals surface area contributed by atoms with Gasteiger partial charge in [-0.3, -0.25) is 14.9 Å². The molecular weight excluding hydrogens is 271 g/mol. The molecule has 8 heteroatoms. The van der Waals surface area contributed by atoms with Crippen molar-refractivity contribution in [2.24, 2.45) is 5.73 Å². The highest BCUT2D eigenvalue weighted by atomic mass is 19.1. The largest absolute Gasteiger partial charge is 0.487 e. The highest BCUT2D eigenvalue weighted by molar-refractivity contribution is 5.79. The standard InChI is InChI=1S/C12H15FN2O5/c1-12(14,11(16)19-2)5-6-20-10-4-3-8(13)7-9(10)15(17)18/h3-4,7H,5-6,14H2,1-2H3. The Kier molecular flexibility index (Phi) is 4.98. The molecule has 0 amide bonds. The van der Waals surface area contributed by atoms with Gasteiger partial charge in [0.15, 0.2) is 5.75 Å². The van der Waals surface area contributed by atoms with Crippen molar-refractivity contribution in [3.63, 3.8) is 0 Å². The molecule has 1 atom stereocenters. The number of hydrogen-bond donors (Lipinski definition) is 1. The molecule has 1 aromatic carbocycles. The Balaban J connectivity index is 2.72. The average molecular weight is 286 g/mol. The molecule has 0 aliphatic rings. The van der Waals surface area contributed by atoms with E-state index in [1.165, 1.54) is 14.0 Å². The van der Waals surface area contributed by atoms with Crippen molar-refractivity contribution in [1.29, 1.82) is 0 Å². The van der Waals surface area contributed by atoms with Crippen molar-refractivity contribution in [3.05, 3.63) is 34.1 Å². The van der Waals surface area contributed by atoms with Crippen molar-refractivity contribution in [1.82, 2.24) is 0 Å². The Morgan fingerprint density at radius 2 is 2.20 bits per heavy atom. The molecule has 0 heterocycles. The van der Waals surface area contributed by atoms with Gasteiger partial charge in [0.25, 0.3) is 0 Å². The van der Waals surface area contributed by atoms with Crippen molar-refractivity contribution < 1.29 is 23.6 Å². The summed E-state index contributed by atoms with van der Waals surface area (Å²) in [5.74, 6) is -1.44. The summed E-state index contributed by atoms with van der Waals surface area (Å²) < 4.78 is 22.6. The number of rotatable bonds is 6. The minimum atomic E-state index is -1.26. The zero-order valence-corrected chi connectivity index (χ0v) is 11.1. The number of nitrogens with two attached hydrogens (primary N) is 1. The number of nitro groups is 1. The van der Waals surface area contributed by atoms with Gasteiger partial charge in [0.1, 0.15) is 11.4 Å². The maximum atomic E-state index is 12.9. The quantitative estimate of drug-likeness (QED) is 0.481. The van der Waals surface area contributed by atoms with Gasteiger partial charge in [-0.05, 0) is 19.1 Å². The lowest BCUT2D eigenvalue weighted by Gasteiger charge is -2.21. The van der Waals surface area contributed by atoms with Gasteiger partial charge in [-0.15, -0.1) is 0 Å². The molecule has 110 valence electrons. The normalized spacial score (nSPS) is 13.4. The first-order chi connectivity index (χ1) is 9.27. The number of carbonyl (C=O) groups is 1. The van der Waals surface area contributed by atoms with E-state index in [9.17, 15) is 19.3 Å². The fourth-order valence-corrected chi connectivity index (χ4v) is 1.46. The molecule has 2 N–H and O–H groups in total. The van der Waals surface area contributed by atoms with Gasteiger partial charge in [-0.1, -0.05) is 0 Å². The van der Waals surface area contributed by atoms with E-state index in [1.54, 1.807) is 0 Å². The Morgan fingerprint density at radius 3 is 2.75 bits per heavy atom. The predicted molar refractivity (Wildman–Crippen MR) is 67.8 cm³/mol. The Hall–Kier alpha value is -2.22. The summed E-state index contributed by atoms with van der Waals surface area (Å²) in [7, 11) is 1.21. The first-order valence-electron chi connectivity index (χ1n) is 5.72. The van der Waals surface area contributed by atoms with E-state index in [-0.39, 0.29) is 18.8 Å². The molecule has 1 unspecified atom stereocenters. The molecule has 20 heavy (non-hydrogen) atoms. The summed E-state index contributed by atoms with van der Waals surface area (Å²) in [6, 6.07) is 2.96. The van der Waals surface area contributed by atoms with E-state index in [0.29, 0.717) is 0 Å². The Morgan fingerprint density at radius 1 is 1.55 bits per heavy atom. The fourth-order valence-electron chi connectivity index (χ4n) is 1.46. The van der Waals surface area contributed by atoms with Crippen LogP contribution in [0.5, 0.6) is 5.75 Å². The third kappa shape index (κ3) is 3.89. The molecule has 0 aromatic heterocycles. The van der Waals surface area contributed by atoms with Gasteiger partial charge in [0.2, 0.25) is 0 Å². The van der Waals surface area contributed by atoms with Crippen molar-refractivity contribution in [3.8, 4) is 5.75 Å². The summed E-state index contributed by atoms with van der Waals surface area (Å²) >= 11 is 0. The van der Waals surface area contributed by atoms with Gasteiger partial charge >= 0.3 is 11.7 Å². The smallest absolute Gasteiger partial charge is 0.325 e. The van der Waals surface area contributed by atoms with Crippen molar-refractivity contribution in [2.45, 2.75) is 18.9 Å². The average Bonchev–Trinajstić information content (AvgIpc) is 2.39. The number of benzene rings is 1. The van der Waals surface area contributed by atoms with Crippen molar-refractivity contribution >= 4 is 11.7 Å². The maximum Gasteiger partial charge on any atom is 0.325 e. The number of nitrogens with zero attached hydrogens (tertiary/aromatic N) is 1. The van der Waals surface area contributed by atoms with E-state index in [4.69, 9.17) is 10.5 Å². The summed E-state index contributed by atoms with van der Waals surface area (Å²) in [6.45, 7) is 1.41. The van der Waals surface area contributed by atoms with Crippen LogP contribution in [0.4, 0.5) is 10.1 Å². The fraction of sp³-hybridized carbons (Fsp3) is 0.417. The molecule has 1 rings (SSSR count). The number of carbonyl (C=O) groups excluding carboxylic acids is 1. The zero-order chi connectivity index (χ0) is 15.3. The first kappa shape index (κ1) is 15.8. The number of hydrogen-bond acceptors (Lipinski definition) is 6. The van der Waals surface area contributed by atoms with E-state index >= 15 is 0 Å². The van der Waals surface area contributed by atoms with Crippen LogP contribution in [-0.2, 0) is 9.53 Å². The van der Waals surface area contributed by atoms with Crippen molar-refractivity contribution in [2.75, 3.05) is 13.7 Å². The number of nitro benzene ring substituents is 1. The van der Waals surface area contributed by atoms with E-state index < -0.39 is 27.9 Å². The number of methoxy groups -OCH3 is 1. The van der Waals surface area contributed by atoms with E-state index in [1.807, 2.05) is 0 Å². The topological polar surface area (TPSA) is 105 Å². The van der Waals surface area contributed by atoms with Crippen LogP contribution >= 0.6 is 0 Å². The van der Waals surface area contributed by atoms with Crippen LogP contribution in [0.3, 0.4) is 0 Å². The predicted octanol–water partition coefficient (Wildman–Crippen LogP) is 1.39. The monoisotopic (exact) mass is 286 g/mol. The molecule has 0 spiro atoms. The minimum Gasteiger partial charge on any atom is -0.487 e. The highest BCUT2D eigenvalue weighted by Gasteiger charge is 2.29. The zero-order valence-electron chi connectivity index (χ0n) is 11.1. The molecule has 0 aliphatic heterocycles. The molecule has 0 bridgehead atoms. The number of ether oxygens (including phenoxy) is 2. The summed E-state index contributed by atoms with van der Waals surface area (Å²) in [5, 5.41) is 10.7. The van der Waals surface area contributed by atoms with Gasteiger partial charge in [0.05, 0.1) is 24.7 Å². The van der Waals surface area contributed by atoms with Crippen LogP contribution in [0.2, 0.25) is 0 Å². The molecule has 0 radical (unpaired) electrons. The third-order valence-corrected chi connectivity index (χ3v) is 2.65. The lowest BCUT2D eigenvalue weighted by atomic mass is 10.0. The lowest BCUT2D eigenvalue weighted by Crippen LogP contribution is -2.46. The molecule has 1 aromatic rings. The van der Waals surface area contributed by atoms with E-state index in [0.717, 1.165) is 18.2 Å². The SMILES string of the molecule is COC(=O)C(C)(N)CCOc1ccc(F)cc1[N+](=O)[O-]. The van der Waals surface area contributed by atoms with Crippen LogP contribution < -0.4 is 10.5 Å². The van der Waals surface area contributed by atoms with Gasteiger partial charge in [-0.2, -0.15) is 0 Å². The number of esters is 1. The number of halogens is 1. The lowest BCUT2D eigenvalue weighted by molar-refractivity contribution is -0.386. The van der Waals surface area contributed by atoms with Crippen LogP contribution in [-0.4, -0.2) is 30.1 Å². The second kappa shape index (κ2) is 6.29. The Bertz CT molecular complexity index is 519. The third-order valence-electron chi connectivity index (χ3n) is 2.65. The minimum absolute atomic E-state index is 0.0471. The molecule has 0 saturated carbocycles. The van der Waals surface area contributed by atoms with Crippen LogP contribution in [0.25, 0.3) is 0 Å². The summed E-state index contributed by atoms with van der Waals surface area (Å²) in [6.07, 6.45) is 0.0915. The van der Waals surface area contributed by atoms with Crippen LogP contribution in [0.15, 0.2) is 18.2 Å². The van der Waals surface area contributed by atoms with Crippen LogP contribution in [0, 0.1) is 15.9 Å². The second-order valence-corrected chi connectivity index (χ2v) is 4.38.